The minimum atomic E-state index is -1.26. The Morgan fingerprint density at radius 2 is 2.05 bits per heavy atom. The third kappa shape index (κ3) is 3.02. The molecule has 1 aromatic carbocycles. The first-order valence-corrected chi connectivity index (χ1v) is 6.44. The number of carboxylic acids is 1. The van der Waals surface area contributed by atoms with Gasteiger partial charge in [0.2, 0.25) is 11.8 Å². The van der Waals surface area contributed by atoms with Crippen molar-refractivity contribution in [1.29, 1.82) is 0 Å². The monoisotopic (exact) mass is 316 g/mol. The highest BCUT2D eigenvalue weighted by Crippen LogP contribution is 2.31. The van der Waals surface area contributed by atoms with Gasteiger partial charge in [0.15, 0.2) is 0 Å². The van der Waals surface area contributed by atoms with Crippen molar-refractivity contribution in [3.63, 3.8) is 0 Å². The average molecular weight is 317 g/mol. The summed E-state index contributed by atoms with van der Waals surface area (Å²) in [5.41, 5.74) is -0.221. The lowest BCUT2D eigenvalue weighted by atomic mass is 10.1. The Hall–Kier alpha value is -1.79. The molecule has 8 heteroatoms. The van der Waals surface area contributed by atoms with Crippen molar-refractivity contribution in [3.05, 3.63) is 27.7 Å². The van der Waals surface area contributed by atoms with Crippen LogP contribution in [0.25, 0.3) is 0 Å². The standard InChI is InChI=1S/C12H10Cl2N2O4/c13-6-2-7(12(19)20)10(8(14)3-6)16-11(18)5-1-9(17)15-4-5/h2-3,5H,1,4H2,(H,15,17)(H,16,18)(H,19,20). The number of halogens is 2. The number of anilines is 1. The molecular formula is C12H10Cl2N2O4. The van der Waals surface area contributed by atoms with Gasteiger partial charge in [0.05, 0.1) is 22.2 Å². The van der Waals surface area contributed by atoms with Crippen LogP contribution in [0.15, 0.2) is 12.1 Å². The number of nitrogens with one attached hydrogen (secondary N) is 2. The van der Waals surface area contributed by atoms with Gasteiger partial charge in [-0.1, -0.05) is 23.2 Å². The highest BCUT2D eigenvalue weighted by molar-refractivity contribution is 6.37. The van der Waals surface area contributed by atoms with E-state index < -0.39 is 17.8 Å². The van der Waals surface area contributed by atoms with Crippen LogP contribution in [0.3, 0.4) is 0 Å². The molecular weight excluding hydrogens is 307 g/mol. The summed E-state index contributed by atoms with van der Waals surface area (Å²) in [6, 6.07) is 2.53. The first kappa shape index (κ1) is 14.6. The summed E-state index contributed by atoms with van der Waals surface area (Å²) in [5, 5.41) is 14.3. The summed E-state index contributed by atoms with van der Waals surface area (Å²) in [7, 11) is 0. The summed E-state index contributed by atoms with van der Waals surface area (Å²) >= 11 is 11.6. The molecule has 3 N–H and O–H groups in total. The molecule has 0 aliphatic carbocycles. The third-order valence-electron chi connectivity index (χ3n) is 2.88. The maximum atomic E-state index is 12.0. The van der Waals surface area contributed by atoms with E-state index in [0.29, 0.717) is 0 Å². The summed E-state index contributed by atoms with van der Waals surface area (Å²) in [4.78, 5) is 34.2. The van der Waals surface area contributed by atoms with Crippen LogP contribution in [0, 0.1) is 5.92 Å². The van der Waals surface area contributed by atoms with Gasteiger partial charge in [-0.15, -0.1) is 0 Å². The maximum Gasteiger partial charge on any atom is 0.337 e. The molecule has 106 valence electrons. The van der Waals surface area contributed by atoms with E-state index in [9.17, 15) is 14.4 Å². The number of aromatic carboxylic acids is 1. The molecule has 2 rings (SSSR count). The molecule has 2 amide bonds. The Labute approximate surface area is 124 Å². The molecule has 1 aliphatic rings. The second kappa shape index (κ2) is 5.68. The van der Waals surface area contributed by atoms with Gasteiger partial charge in [-0.25, -0.2) is 4.79 Å². The van der Waals surface area contributed by atoms with Crippen molar-refractivity contribution >= 4 is 46.7 Å². The largest absolute Gasteiger partial charge is 0.478 e. The summed E-state index contributed by atoms with van der Waals surface area (Å²) < 4.78 is 0. The van der Waals surface area contributed by atoms with Gasteiger partial charge in [-0.05, 0) is 12.1 Å². The first-order chi connectivity index (χ1) is 9.38. The Balaban J connectivity index is 2.26. The number of amides is 2. The first-order valence-electron chi connectivity index (χ1n) is 5.68. The zero-order chi connectivity index (χ0) is 14.9. The summed E-state index contributed by atoms with van der Waals surface area (Å²) in [6.07, 6.45) is 0.0689. The second-order valence-electron chi connectivity index (χ2n) is 4.31. The van der Waals surface area contributed by atoms with Crippen LogP contribution in [-0.2, 0) is 9.59 Å². The highest BCUT2D eigenvalue weighted by atomic mass is 35.5. The number of rotatable bonds is 3. The van der Waals surface area contributed by atoms with E-state index in [-0.39, 0.29) is 40.2 Å². The third-order valence-corrected chi connectivity index (χ3v) is 3.40. The molecule has 20 heavy (non-hydrogen) atoms. The molecule has 0 aromatic heterocycles. The van der Waals surface area contributed by atoms with Crippen LogP contribution < -0.4 is 10.6 Å². The normalized spacial score (nSPS) is 17.7. The molecule has 1 unspecified atom stereocenters. The van der Waals surface area contributed by atoms with Crippen LogP contribution in [0.2, 0.25) is 10.0 Å². The smallest absolute Gasteiger partial charge is 0.337 e. The van der Waals surface area contributed by atoms with Gasteiger partial charge in [-0.2, -0.15) is 0 Å². The maximum absolute atomic E-state index is 12.0. The van der Waals surface area contributed by atoms with Crippen LogP contribution in [0.1, 0.15) is 16.8 Å². The minimum absolute atomic E-state index is 0.0204. The van der Waals surface area contributed by atoms with Crippen molar-refractivity contribution in [1.82, 2.24) is 5.32 Å². The fourth-order valence-corrected chi connectivity index (χ4v) is 2.43. The van der Waals surface area contributed by atoms with Crippen LogP contribution in [0.5, 0.6) is 0 Å². The lowest BCUT2D eigenvalue weighted by molar-refractivity contribution is -0.123. The zero-order valence-electron chi connectivity index (χ0n) is 10.1. The quantitative estimate of drug-likeness (QED) is 0.791. The molecule has 0 spiro atoms. The molecule has 0 saturated carbocycles. The minimum Gasteiger partial charge on any atom is -0.478 e. The van der Waals surface area contributed by atoms with Crippen molar-refractivity contribution in [3.8, 4) is 0 Å². The van der Waals surface area contributed by atoms with Crippen molar-refractivity contribution in [2.45, 2.75) is 6.42 Å². The summed E-state index contributed by atoms with van der Waals surface area (Å²) in [6.45, 7) is 0.221. The second-order valence-corrected chi connectivity index (χ2v) is 5.15. The molecule has 0 bridgehead atoms. The highest BCUT2D eigenvalue weighted by Gasteiger charge is 2.29. The van der Waals surface area contributed by atoms with Gasteiger partial charge >= 0.3 is 5.97 Å². The fraction of sp³-hybridized carbons (Fsp3) is 0.250. The van der Waals surface area contributed by atoms with E-state index in [4.69, 9.17) is 28.3 Å². The van der Waals surface area contributed by atoms with Gasteiger partial charge in [0.1, 0.15) is 0 Å². The molecule has 0 radical (unpaired) electrons. The van der Waals surface area contributed by atoms with Gasteiger partial charge in [0.25, 0.3) is 0 Å². The van der Waals surface area contributed by atoms with Gasteiger partial charge < -0.3 is 15.7 Å². The lowest BCUT2D eigenvalue weighted by Crippen LogP contribution is -2.25. The molecule has 1 aliphatic heterocycles. The van der Waals surface area contributed by atoms with E-state index >= 15 is 0 Å². The molecule has 1 fully saturated rings. The Bertz CT molecular complexity index is 603. The topological polar surface area (TPSA) is 95.5 Å². The van der Waals surface area contributed by atoms with E-state index in [1.165, 1.54) is 12.1 Å². The van der Waals surface area contributed by atoms with Crippen molar-refractivity contribution in [2.75, 3.05) is 11.9 Å². The molecule has 1 atom stereocenters. The van der Waals surface area contributed by atoms with Crippen LogP contribution >= 0.6 is 23.2 Å². The zero-order valence-corrected chi connectivity index (χ0v) is 11.6. The van der Waals surface area contributed by atoms with E-state index in [1.807, 2.05) is 0 Å². The molecule has 1 saturated heterocycles. The van der Waals surface area contributed by atoms with Gasteiger partial charge in [-0.3, -0.25) is 9.59 Å². The Morgan fingerprint density at radius 3 is 2.60 bits per heavy atom. The summed E-state index contributed by atoms with van der Waals surface area (Å²) in [5.74, 6) is -2.48. The Kier molecular flexibility index (Phi) is 4.15. The molecule has 1 aromatic rings. The van der Waals surface area contributed by atoms with Crippen molar-refractivity contribution < 1.29 is 19.5 Å². The molecule has 6 nitrogen and oxygen atoms in total. The van der Waals surface area contributed by atoms with Crippen LogP contribution in [0.4, 0.5) is 5.69 Å². The van der Waals surface area contributed by atoms with E-state index in [1.54, 1.807) is 0 Å². The lowest BCUT2D eigenvalue weighted by Gasteiger charge is -2.13. The van der Waals surface area contributed by atoms with Crippen molar-refractivity contribution in [2.24, 2.45) is 5.92 Å². The number of carbonyl (C=O) groups is 3. The number of hydrogen-bond donors (Lipinski definition) is 3. The SMILES string of the molecule is O=C1CC(C(=O)Nc2c(Cl)cc(Cl)cc2C(=O)O)CN1. The predicted molar refractivity (Wildman–Crippen MR) is 73.2 cm³/mol. The fourth-order valence-electron chi connectivity index (χ4n) is 1.89. The Morgan fingerprint density at radius 1 is 1.35 bits per heavy atom. The van der Waals surface area contributed by atoms with E-state index in [0.717, 1.165) is 0 Å². The number of carboxylic acid groups (broad SMARTS) is 1. The van der Waals surface area contributed by atoms with E-state index in [2.05, 4.69) is 10.6 Å². The molecule has 1 heterocycles. The van der Waals surface area contributed by atoms with Gasteiger partial charge in [0, 0.05) is 18.0 Å². The number of hydrogen-bond acceptors (Lipinski definition) is 3. The number of carbonyl (C=O) groups excluding carboxylic acids is 2. The van der Waals surface area contributed by atoms with Crippen LogP contribution in [-0.4, -0.2) is 29.4 Å². The number of benzene rings is 1. The predicted octanol–water partition coefficient (Wildman–Crippen LogP) is 1.77. The average Bonchev–Trinajstić information content (AvgIpc) is 2.78.